The number of benzene rings is 1. The molecule has 0 aliphatic carbocycles. The molecule has 1 aromatic rings. The molecule has 0 atom stereocenters. The monoisotopic (exact) mass is 216 g/mol. The van der Waals surface area contributed by atoms with Crippen LogP contribution in [0.15, 0.2) is 29.2 Å². The summed E-state index contributed by atoms with van der Waals surface area (Å²) in [4.78, 5) is 0.172. The van der Waals surface area contributed by atoms with Crippen molar-refractivity contribution in [1.29, 1.82) is 0 Å². The van der Waals surface area contributed by atoms with Gasteiger partial charge in [-0.15, -0.1) is 0 Å². The van der Waals surface area contributed by atoms with E-state index in [0.717, 1.165) is 0 Å². The zero-order valence-electron chi connectivity index (χ0n) is 7.80. The Balaban J connectivity index is 3.07. The summed E-state index contributed by atoms with van der Waals surface area (Å²) in [6, 6.07) is 6.18. The topological polar surface area (TPSA) is 63.6 Å². The predicted octanol–water partition coefficient (Wildman–Crippen LogP) is 0.461. The molecule has 0 saturated heterocycles. The minimum absolute atomic E-state index is 0.172. The van der Waals surface area contributed by atoms with Crippen molar-refractivity contribution in [3.63, 3.8) is 0 Å². The van der Waals surface area contributed by atoms with Gasteiger partial charge in [0, 0.05) is 0 Å². The van der Waals surface area contributed by atoms with E-state index in [0.29, 0.717) is 5.75 Å². The number of hydrogen-bond donors (Lipinski definition) is 1. The van der Waals surface area contributed by atoms with Crippen LogP contribution in [0.2, 0.25) is 0 Å². The molecular weight excluding hydrogens is 204 g/mol. The number of methoxy groups -OCH3 is 1. The van der Waals surface area contributed by atoms with Crippen LogP contribution in [0.5, 0.6) is 5.75 Å². The molecule has 0 heterocycles. The molecule has 0 radical (unpaired) electrons. The largest absolute Gasteiger partial charge is 0.497 e. The summed E-state index contributed by atoms with van der Waals surface area (Å²) in [6.07, 6.45) is 0. The Labute approximate surface area is 83.1 Å². The summed E-state index contributed by atoms with van der Waals surface area (Å²) in [5.41, 5.74) is 0. The maximum absolute atomic E-state index is 11.5. The second kappa shape index (κ2) is 4.43. The van der Waals surface area contributed by atoms with E-state index in [9.17, 15) is 8.42 Å². The molecule has 0 bridgehead atoms. The van der Waals surface area contributed by atoms with Gasteiger partial charge in [0.25, 0.3) is 0 Å². The smallest absolute Gasteiger partial charge is 0.180 e. The predicted molar refractivity (Wildman–Crippen MR) is 52.1 cm³/mol. The lowest BCUT2D eigenvalue weighted by Gasteiger charge is -2.04. The summed E-state index contributed by atoms with van der Waals surface area (Å²) in [6.45, 7) is -0.375. The van der Waals surface area contributed by atoms with Crippen molar-refractivity contribution in [3.05, 3.63) is 24.3 Å². The third-order valence-electron chi connectivity index (χ3n) is 1.76. The van der Waals surface area contributed by atoms with Crippen LogP contribution in [0, 0.1) is 0 Å². The van der Waals surface area contributed by atoms with E-state index >= 15 is 0 Å². The maximum Gasteiger partial charge on any atom is 0.180 e. The molecule has 0 aliphatic heterocycles. The molecule has 0 aliphatic rings. The van der Waals surface area contributed by atoms with E-state index in [1.54, 1.807) is 12.1 Å². The number of ether oxygens (including phenoxy) is 1. The molecule has 1 N–H and O–H groups in total. The van der Waals surface area contributed by atoms with Gasteiger partial charge < -0.3 is 9.84 Å². The SMILES string of the molecule is COc1cccc(S(=O)(=O)CCO)c1. The maximum atomic E-state index is 11.5. The lowest BCUT2D eigenvalue weighted by atomic mass is 10.3. The quantitative estimate of drug-likeness (QED) is 0.794. The van der Waals surface area contributed by atoms with Crippen molar-refractivity contribution in [2.45, 2.75) is 4.90 Å². The minimum atomic E-state index is -3.37. The molecule has 14 heavy (non-hydrogen) atoms. The molecule has 0 spiro atoms. The van der Waals surface area contributed by atoms with Gasteiger partial charge in [0.1, 0.15) is 5.75 Å². The molecule has 4 nitrogen and oxygen atoms in total. The van der Waals surface area contributed by atoms with E-state index in [2.05, 4.69) is 0 Å². The Morgan fingerprint density at radius 2 is 2.14 bits per heavy atom. The Hall–Kier alpha value is -1.07. The molecule has 1 aromatic carbocycles. The fourth-order valence-corrected chi connectivity index (χ4v) is 2.09. The van der Waals surface area contributed by atoms with E-state index in [1.807, 2.05) is 0 Å². The first-order valence-electron chi connectivity index (χ1n) is 4.08. The first kappa shape index (κ1) is 11.0. The highest BCUT2D eigenvalue weighted by molar-refractivity contribution is 7.91. The standard InChI is InChI=1S/C9H12O4S/c1-13-8-3-2-4-9(7-8)14(11,12)6-5-10/h2-4,7,10H,5-6H2,1H3. The first-order chi connectivity index (χ1) is 6.60. The Kier molecular flexibility index (Phi) is 3.49. The normalized spacial score (nSPS) is 11.3. The van der Waals surface area contributed by atoms with Crippen LogP contribution in [0.25, 0.3) is 0 Å². The van der Waals surface area contributed by atoms with Crippen LogP contribution in [0.3, 0.4) is 0 Å². The first-order valence-corrected chi connectivity index (χ1v) is 5.73. The fraction of sp³-hybridized carbons (Fsp3) is 0.333. The van der Waals surface area contributed by atoms with Crippen molar-refractivity contribution < 1.29 is 18.3 Å². The zero-order valence-corrected chi connectivity index (χ0v) is 8.62. The van der Waals surface area contributed by atoms with Gasteiger partial charge in [-0.25, -0.2) is 8.42 Å². The summed E-state index contributed by atoms with van der Waals surface area (Å²) in [7, 11) is -1.90. The van der Waals surface area contributed by atoms with Gasteiger partial charge in [-0.3, -0.25) is 0 Å². The minimum Gasteiger partial charge on any atom is -0.497 e. The van der Waals surface area contributed by atoms with E-state index in [-0.39, 0.29) is 17.3 Å². The summed E-state index contributed by atoms with van der Waals surface area (Å²) >= 11 is 0. The average Bonchev–Trinajstić information content (AvgIpc) is 2.18. The second-order valence-corrected chi connectivity index (χ2v) is 4.83. The van der Waals surface area contributed by atoms with Crippen LogP contribution >= 0.6 is 0 Å². The number of rotatable bonds is 4. The van der Waals surface area contributed by atoms with Gasteiger partial charge in [0.15, 0.2) is 9.84 Å². The van der Waals surface area contributed by atoms with Crippen molar-refractivity contribution in [1.82, 2.24) is 0 Å². The molecule has 78 valence electrons. The Morgan fingerprint density at radius 1 is 1.43 bits per heavy atom. The molecule has 0 fully saturated rings. The van der Waals surface area contributed by atoms with Crippen LogP contribution in [0.4, 0.5) is 0 Å². The fourth-order valence-electron chi connectivity index (χ4n) is 1.03. The van der Waals surface area contributed by atoms with Gasteiger partial charge >= 0.3 is 0 Å². The van der Waals surface area contributed by atoms with Crippen molar-refractivity contribution in [3.8, 4) is 5.75 Å². The molecule has 1 rings (SSSR count). The Morgan fingerprint density at radius 3 is 2.71 bits per heavy atom. The van der Waals surface area contributed by atoms with Crippen molar-refractivity contribution in [2.24, 2.45) is 0 Å². The second-order valence-electron chi connectivity index (χ2n) is 2.72. The highest BCUT2D eigenvalue weighted by Crippen LogP contribution is 2.17. The van der Waals surface area contributed by atoms with E-state index in [4.69, 9.17) is 9.84 Å². The third kappa shape index (κ3) is 2.46. The lowest BCUT2D eigenvalue weighted by Crippen LogP contribution is -2.09. The number of sulfone groups is 1. The van der Waals surface area contributed by atoms with Crippen molar-refractivity contribution in [2.75, 3.05) is 19.5 Å². The highest BCUT2D eigenvalue weighted by atomic mass is 32.2. The van der Waals surface area contributed by atoms with Crippen LogP contribution in [0.1, 0.15) is 0 Å². The Bertz CT molecular complexity index is 397. The molecule has 0 unspecified atom stereocenters. The molecule has 0 amide bonds. The average molecular weight is 216 g/mol. The van der Waals surface area contributed by atoms with E-state index < -0.39 is 9.84 Å². The molecule has 0 saturated carbocycles. The molecule has 5 heteroatoms. The third-order valence-corrected chi connectivity index (χ3v) is 3.45. The van der Waals surface area contributed by atoms with Crippen molar-refractivity contribution >= 4 is 9.84 Å². The van der Waals surface area contributed by atoms with E-state index in [1.165, 1.54) is 19.2 Å². The summed E-state index contributed by atoms with van der Waals surface area (Å²) in [5.74, 6) is 0.226. The van der Waals surface area contributed by atoms with Crippen LogP contribution in [-0.4, -0.2) is 33.0 Å². The highest BCUT2D eigenvalue weighted by Gasteiger charge is 2.13. The van der Waals surface area contributed by atoms with Gasteiger partial charge in [-0.1, -0.05) is 6.07 Å². The van der Waals surface area contributed by atoms with Crippen LogP contribution < -0.4 is 4.74 Å². The number of aliphatic hydroxyl groups is 1. The van der Waals surface area contributed by atoms with Gasteiger partial charge in [-0.05, 0) is 18.2 Å². The number of aliphatic hydroxyl groups excluding tert-OH is 1. The summed E-state index contributed by atoms with van der Waals surface area (Å²) in [5, 5.41) is 8.58. The van der Waals surface area contributed by atoms with Gasteiger partial charge in [0.2, 0.25) is 0 Å². The molecule has 0 aromatic heterocycles. The number of hydrogen-bond acceptors (Lipinski definition) is 4. The lowest BCUT2D eigenvalue weighted by molar-refractivity contribution is 0.319. The van der Waals surface area contributed by atoms with Crippen LogP contribution in [-0.2, 0) is 9.84 Å². The summed E-state index contributed by atoms with van der Waals surface area (Å²) < 4.78 is 27.9. The zero-order chi connectivity index (χ0) is 10.6. The molecular formula is C9H12O4S. The van der Waals surface area contributed by atoms with Gasteiger partial charge in [0.05, 0.1) is 24.4 Å². The van der Waals surface area contributed by atoms with Gasteiger partial charge in [-0.2, -0.15) is 0 Å².